The Labute approximate surface area is 118 Å². The number of carbonyl (C=O) groups is 1. The van der Waals surface area contributed by atoms with E-state index in [9.17, 15) is 4.79 Å². The first-order valence-corrected chi connectivity index (χ1v) is 7.52. The lowest BCUT2D eigenvalue weighted by molar-refractivity contribution is -0.135. The van der Waals surface area contributed by atoms with Crippen LogP contribution in [0.15, 0.2) is 5.51 Å². The number of rotatable bonds is 4. The number of likely N-dealkylation sites (N-methyl/N-ethyl adjacent to an activating group) is 1. The van der Waals surface area contributed by atoms with E-state index >= 15 is 0 Å². The van der Waals surface area contributed by atoms with Crippen LogP contribution in [0.2, 0.25) is 0 Å². The molecule has 0 aromatic carbocycles. The molecular weight excluding hydrogens is 260 g/mol. The van der Waals surface area contributed by atoms with Crippen LogP contribution in [0.4, 0.5) is 0 Å². The quantitative estimate of drug-likeness (QED) is 0.866. The summed E-state index contributed by atoms with van der Waals surface area (Å²) in [5.41, 5.74) is 3.01. The van der Waals surface area contributed by atoms with Crippen LogP contribution in [-0.2, 0) is 11.2 Å². The van der Waals surface area contributed by atoms with Crippen molar-refractivity contribution in [3.63, 3.8) is 0 Å². The van der Waals surface area contributed by atoms with Gasteiger partial charge in [-0.3, -0.25) is 9.69 Å². The van der Waals surface area contributed by atoms with Gasteiger partial charge < -0.3 is 10.2 Å². The van der Waals surface area contributed by atoms with E-state index in [2.05, 4.69) is 15.2 Å². The number of carbonyl (C=O) groups excluding carboxylic acids is 1. The Kier molecular flexibility index (Phi) is 4.90. The second-order valence-electron chi connectivity index (χ2n) is 5.10. The Morgan fingerprint density at radius 1 is 1.63 bits per heavy atom. The molecule has 1 aromatic rings. The fourth-order valence-corrected chi connectivity index (χ4v) is 3.14. The number of thiazole rings is 1. The molecule has 5 nitrogen and oxygen atoms in total. The molecule has 6 heteroatoms. The molecular formula is C13H22N4OS. The maximum absolute atomic E-state index is 12.2. The van der Waals surface area contributed by atoms with Gasteiger partial charge in [-0.05, 0) is 13.3 Å². The number of aryl methyl sites for hydroxylation is 1. The van der Waals surface area contributed by atoms with Gasteiger partial charge in [0.1, 0.15) is 6.04 Å². The molecule has 0 radical (unpaired) electrons. The lowest BCUT2D eigenvalue weighted by Crippen LogP contribution is -2.57. The van der Waals surface area contributed by atoms with E-state index in [1.165, 1.54) is 4.88 Å². The van der Waals surface area contributed by atoms with E-state index < -0.39 is 0 Å². The van der Waals surface area contributed by atoms with Gasteiger partial charge in [0.05, 0.1) is 11.2 Å². The van der Waals surface area contributed by atoms with E-state index in [-0.39, 0.29) is 11.9 Å². The molecule has 0 aliphatic carbocycles. The molecule has 1 fully saturated rings. The highest BCUT2D eigenvalue weighted by atomic mass is 32.1. The number of nitrogens with one attached hydrogen (secondary N) is 1. The summed E-state index contributed by atoms with van der Waals surface area (Å²) in [4.78, 5) is 21.7. The third kappa shape index (κ3) is 3.52. The van der Waals surface area contributed by atoms with E-state index in [0.29, 0.717) is 0 Å². The Morgan fingerprint density at radius 2 is 2.42 bits per heavy atom. The average molecular weight is 282 g/mol. The van der Waals surface area contributed by atoms with Gasteiger partial charge in [-0.1, -0.05) is 0 Å². The molecule has 1 N–H and O–H groups in total. The molecule has 0 saturated carbocycles. The van der Waals surface area contributed by atoms with Gasteiger partial charge in [0, 0.05) is 45.2 Å². The van der Waals surface area contributed by atoms with Crippen molar-refractivity contribution in [3.8, 4) is 0 Å². The molecule has 0 bridgehead atoms. The summed E-state index contributed by atoms with van der Waals surface area (Å²) in [5, 5.41) is 3.31. The van der Waals surface area contributed by atoms with Crippen LogP contribution < -0.4 is 5.32 Å². The zero-order valence-electron chi connectivity index (χ0n) is 11.8. The molecule has 1 amide bonds. The molecule has 2 rings (SSSR count). The average Bonchev–Trinajstić information content (AvgIpc) is 2.81. The van der Waals surface area contributed by atoms with Gasteiger partial charge in [-0.2, -0.15) is 0 Å². The fourth-order valence-electron chi connectivity index (χ4n) is 2.37. The SMILES string of the molecule is Cc1ncsc1CCN1CCNCC1C(=O)N(C)C. The summed E-state index contributed by atoms with van der Waals surface area (Å²) in [6, 6.07) is -0.0306. The van der Waals surface area contributed by atoms with Gasteiger partial charge in [0.25, 0.3) is 0 Å². The van der Waals surface area contributed by atoms with Crippen LogP contribution in [0, 0.1) is 6.92 Å². The topological polar surface area (TPSA) is 48.5 Å². The van der Waals surface area contributed by atoms with Crippen molar-refractivity contribution in [2.75, 3.05) is 40.3 Å². The Bertz CT molecular complexity index is 432. The van der Waals surface area contributed by atoms with Crippen LogP contribution in [0.5, 0.6) is 0 Å². The Morgan fingerprint density at radius 3 is 3.05 bits per heavy atom. The lowest BCUT2D eigenvalue weighted by atomic mass is 10.1. The minimum Gasteiger partial charge on any atom is -0.347 e. The number of amides is 1. The van der Waals surface area contributed by atoms with Gasteiger partial charge in [-0.15, -0.1) is 11.3 Å². The van der Waals surface area contributed by atoms with Crippen molar-refractivity contribution in [2.24, 2.45) is 0 Å². The predicted molar refractivity (Wildman–Crippen MR) is 77.5 cm³/mol. The standard InChI is InChI=1S/C13H22N4OS/c1-10-12(19-9-15-10)4-6-17-7-5-14-8-11(17)13(18)16(2)3/h9,11,14H,4-8H2,1-3H3. The summed E-state index contributed by atoms with van der Waals surface area (Å²) in [5.74, 6) is 0.188. The summed E-state index contributed by atoms with van der Waals surface area (Å²) >= 11 is 1.71. The molecule has 1 saturated heterocycles. The van der Waals surface area contributed by atoms with Crippen molar-refractivity contribution in [1.29, 1.82) is 0 Å². The normalized spacial score (nSPS) is 20.5. The first-order valence-electron chi connectivity index (χ1n) is 6.64. The van der Waals surface area contributed by atoms with Crippen LogP contribution >= 0.6 is 11.3 Å². The maximum atomic E-state index is 12.2. The first kappa shape index (κ1) is 14.4. The molecule has 1 aromatic heterocycles. The summed E-state index contributed by atoms with van der Waals surface area (Å²) in [7, 11) is 3.64. The van der Waals surface area contributed by atoms with Crippen LogP contribution in [0.25, 0.3) is 0 Å². The van der Waals surface area contributed by atoms with E-state index in [1.54, 1.807) is 16.2 Å². The maximum Gasteiger partial charge on any atom is 0.240 e. The molecule has 1 unspecified atom stereocenters. The zero-order valence-corrected chi connectivity index (χ0v) is 12.7. The molecule has 1 atom stereocenters. The van der Waals surface area contributed by atoms with Crippen LogP contribution in [0.1, 0.15) is 10.6 Å². The monoisotopic (exact) mass is 282 g/mol. The number of hydrogen-bond acceptors (Lipinski definition) is 5. The van der Waals surface area contributed by atoms with Crippen molar-refractivity contribution >= 4 is 17.2 Å². The Balaban J connectivity index is 1.96. The molecule has 19 heavy (non-hydrogen) atoms. The summed E-state index contributed by atoms with van der Waals surface area (Å²) in [6.07, 6.45) is 0.980. The number of piperazine rings is 1. The molecule has 0 spiro atoms. The molecule has 2 heterocycles. The van der Waals surface area contributed by atoms with Gasteiger partial charge >= 0.3 is 0 Å². The highest BCUT2D eigenvalue weighted by Crippen LogP contribution is 2.15. The third-order valence-corrected chi connectivity index (χ3v) is 4.55. The number of nitrogens with zero attached hydrogens (tertiary/aromatic N) is 3. The third-order valence-electron chi connectivity index (χ3n) is 3.55. The zero-order chi connectivity index (χ0) is 13.8. The van der Waals surface area contributed by atoms with Crippen molar-refractivity contribution in [2.45, 2.75) is 19.4 Å². The minimum absolute atomic E-state index is 0.0306. The highest BCUT2D eigenvalue weighted by Gasteiger charge is 2.29. The van der Waals surface area contributed by atoms with Gasteiger partial charge in [-0.25, -0.2) is 4.98 Å². The van der Waals surface area contributed by atoms with Gasteiger partial charge in [0.15, 0.2) is 0 Å². The van der Waals surface area contributed by atoms with Crippen LogP contribution in [0.3, 0.4) is 0 Å². The molecule has 1 aliphatic heterocycles. The van der Waals surface area contributed by atoms with Gasteiger partial charge in [0.2, 0.25) is 5.91 Å². The molecule has 1 aliphatic rings. The van der Waals surface area contributed by atoms with Crippen LogP contribution in [-0.4, -0.2) is 67.0 Å². The van der Waals surface area contributed by atoms with E-state index in [1.807, 2.05) is 26.5 Å². The van der Waals surface area contributed by atoms with E-state index in [0.717, 1.165) is 38.3 Å². The predicted octanol–water partition coefficient (Wildman–Crippen LogP) is 0.356. The lowest BCUT2D eigenvalue weighted by Gasteiger charge is -2.36. The highest BCUT2D eigenvalue weighted by molar-refractivity contribution is 7.09. The molecule has 106 valence electrons. The number of hydrogen-bond donors (Lipinski definition) is 1. The minimum atomic E-state index is -0.0306. The largest absolute Gasteiger partial charge is 0.347 e. The summed E-state index contributed by atoms with van der Waals surface area (Å²) < 4.78 is 0. The van der Waals surface area contributed by atoms with E-state index in [4.69, 9.17) is 0 Å². The van der Waals surface area contributed by atoms with Crippen molar-refractivity contribution < 1.29 is 4.79 Å². The smallest absolute Gasteiger partial charge is 0.240 e. The number of aromatic nitrogens is 1. The Hall–Kier alpha value is -0.980. The first-order chi connectivity index (χ1) is 9.09. The van der Waals surface area contributed by atoms with Crippen molar-refractivity contribution in [3.05, 3.63) is 16.1 Å². The second-order valence-corrected chi connectivity index (χ2v) is 6.04. The fraction of sp³-hybridized carbons (Fsp3) is 0.692. The summed E-state index contributed by atoms with van der Waals surface area (Å²) in [6.45, 7) is 5.61. The second kappa shape index (κ2) is 6.45. The van der Waals surface area contributed by atoms with Crippen molar-refractivity contribution in [1.82, 2.24) is 20.1 Å².